The number of para-hydroxylation sites is 2. The van der Waals surface area contributed by atoms with E-state index in [9.17, 15) is 0 Å². The third kappa shape index (κ3) is 2.19. The van der Waals surface area contributed by atoms with E-state index in [0.29, 0.717) is 0 Å². The third-order valence-electron chi connectivity index (χ3n) is 5.22. The van der Waals surface area contributed by atoms with E-state index >= 15 is 0 Å². The van der Waals surface area contributed by atoms with Crippen molar-refractivity contribution in [2.75, 3.05) is 0 Å². The molecular formula is C21H25N2O+. The van der Waals surface area contributed by atoms with Gasteiger partial charge >= 0.3 is 0 Å². The largest absolute Gasteiger partial charge is 0.316 e. The van der Waals surface area contributed by atoms with Gasteiger partial charge in [0.1, 0.15) is 0 Å². The van der Waals surface area contributed by atoms with Crippen LogP contribution in [0.5, 0.6) is 0 Å². The molecule has 4 rings (SSSR count). The van der Waals surface area contributed by atoms with E-state index in [1.807, 2.05) is 0 Å². The summed E-state index contributed by atoms with van der Waals surface area (Å²) in [7, 11) is 2.16. The second kappa shape index (κ2) is 5.75. The standard InChI is InChI=1S/C21H25N2O/c1-4-5-15-21(2)20-22(3)17-13-9-10-14-18(17)23(20)19(24-21)16-11-7-6-8-12-16/h6-14,19H,4-5,15H2,1-3H3/q+1. The van der Waals surface area contributed by atoms with Crippen molar-refractivity contribution in [2.24, 2.45) is 7.05 Å². The van der Waals surface area contributed by atoms with Gasteiger partial charge in [0.05, 0.1) is 7.05 Å². The molecule has 0 N–H and O–H groups in total. The van der Waals surface area contributed by atoms with Crippen LogP contribution in [0.3, 0.4) is 0 Å². The first-order valence-corrected chi connectivity index (χ1v) is 8.88. The van der Waals surface area contributed by atoms with Crippen molar-refractivity contribution in [1.29, 1.82) is 0 Å². The van der Waals surface area contributed by atoms with E-state index in [1.165, 1.54) is 35.3 Å². The molecule has 2 atom stereocenters. The minimum absolute atomic E-state index is 0.0610. The first-order chi connectivity index (χ1) is 11.7. The quantitative estimate of drug-likeness (QED) is 0.649. The smallest absolute Gasteiger partial charge is 0.292 e. The van der Waals surface area contributed by atoms with Crippen LogP contribution in [0.4, 0.5) is 0 Å². The Morgan fingerprint density at radius 1 is 1.08 bits per heavy atom. The summed E-state index contributed by atoms with van der Waals surface area (Å²) in [6.45, 7) is 4.48. The second-order valence-corrected chi connectivity index (χ2v) is 6.96. The van der Waals surface area contributed by atoms with E-state index < -0.39 is 0 Å². The predicted octanol–water partition coefficient (Wildman–Crippen LogP) is 4.45. The number of nitrogens with zero attached hydrogens (tertiary/aromatic N) is 2. The van der Waals surface area contributed by atoms with Crippen molar-refractivity contribution >= 4 is 11.0 Å². The lowest BCUT2D eigenvalue weighted by atomic mass is 9.98. The van der Waals surface area contributed by atoms with E-state index in [0.717, 1.165) is 6.42 Å². The molecule has 0 saturated heterocycles. The maximum atomic E-state index is 6.68. The molecule has 124 valence electrons. The number of hydrogen-bond donors (Lipinski definition) is 0. The fourth-order valence-electron chi connectivity index (χ4n) is 4.06. The summed E-state index contributed by atoms with van der Waals surface area (Å²) < 4.78 is 11.4. The van der Waals surface area contributed by atoms with Crippen LogP contribution in [0.2, 0.25) is 0 Å². The lowest BCUT2D eigenvalue weighted by Crippen LogP contribution is -2.40. The van der Waals surface area contributed by atoms with Gasteiger partial charge in [-0.15, -0.1) is 0 Å². The second-order valence-electron chi connectivity index (χ2n) is 6.96. The zero-order chi connectivity index (χ0) is 16.7. The molecule has 3 heteroatoms. The van der Waals surface area contributed by atoms with Crippen LogP contribution < -0.4 is 4.57 Å². The van der Waals surface area contributed by atoms with E-state index in [4.69, 9.17) is 4.74 Å². The van der Waals surface area contributed by atoms with E-state index in [-0.39, 0.29) is 11.8 Å². The fourth-order valence-corrected chi connectivity index (χ4v) is 4.06. The molecule has 0 saturated carbocycles. The Balaban J connectivity index is 1.95. The third-order valence-corrected chi connectivity index (χ3v) is 5.22. The van der Waals surface area contributed by atoms with Crippen molar-refractivity contribution in [3.8, 4) is 0 Å². The molecular weight excluding hydrogens is 296 g/mol. The summed E-state index contributed by atoms with van der Waals surface area (Å²) in [6.07, 6.45) is 3.32. The van der Waals surface area contributed by atoms with Crippen LogP contribution in [0.15, 0.2) is 54.6 Å². The number of benzene rings is 2. The van der Waals surface area contributed by atoms with Crippen molar-refractivity contribution in [2.45, 2.75) is 44.9 Å². The van der Waals surface area contributed by atoms with Gasteiger partial charge in [0.2, 0.25) is 6.23 Å². The highest BCUT2D eigenvalue weighted by Gasteiger charge is 2.51. The zero-order valence-corrected chi connectivity index (χ0v) is 14.7. The van der Waals surface area contributed by atoms with Crippen molar-refractivity contribution < 1.29 is 9.30 Å². The molecule has 0 fully saturated rings. The number of hydrogen-bond acceptors (Lipinski definition) is 1. The molecule has 1 aliphatic heterocycles. The topological polar surface area (TPSA) is 18.0 Å². The van der Waals surface area contributed by atoms with Crippen LogP contribution in [0.25, 0.3) is 11.0 Å². The molecule has 0 radical (unpaired) electrons. The predicted molar refractivity (Wildman–Crippen MR) is 95.7 cm³/mol. The molecule has 0 spiro atoms. The highest BCUT2D eigenvalue weighted by atomic mass is 16.5. The number of imidazole rings is 1. The number of rotatable bonds is 4. The van der Waals surface area contributed by atoms with Crippen molar-refractivity contribution in [1.82, 2.24) is 4.57 Å². The molecule has 2 heterocycles. The minimum Gasteiger partial charge on any atom is -0.316 e. The number of unbranched alkanes of at least 4 members (excludes halogenated alkanes) is 1. The Morgan fingerprint density at radius 2 is 1.79 bits per heavy atom. The summed E-state index contributed by atoms with van der Waals surface area (Å²) in [5.41, 5.74) is 3.45. The number of aryl methyl sites for hydroxylation is 1. The molecule has 2 unspecified atom stereocenters. The summed E-state index contributed by atoms with van der Waals surface area (Å²) in [4.78, 5) is 0. The average Bonchev–Trinajstić information content (AvgIpc) is 3.09. The summed E-state index contributed by atoms with van der Waals surface area (Å²) in [5, 5.41) is 0. The molecule has 3 nitrogen and oxygen atoms in total. The highest BCUT2D eigenvalue weighted by Crippen LogP contribution is 2.45. The molecule has 3 aromatic rings. The van der Waals surface area contributed by atoms with Gasteiger partial charge in [0.25, 0.3) is 5.82 Å². The SMILES string of the molecule is CCCCC1(C)OC(c2ccccc2)n2c1[n+](C)c1ccccc12. The minimum atomic E-state index is -0.260. The number of aromatic nitrogens is 2. The summed E-state index contributed by atoms with van der Waals surface area (Å²) in [6, 6.07) is 19.2. The fraction of sp³-hybridized carbons (Fsp3) is 0.381. The van der Waals surface area contributed by atoms with Crippen LogP contribution in [0.1, 0.15) is 50.7 Å². The van der Waals surface area contributed by atoms with Gasteiger partial charge in [-0.2, -0.15) is 4.57 Å². The number of ether oxygens (including phenoxy) is 1. The highest BCUT2D eigenvalue weighted by molar-refractivity contribution is 5.73. The van der Waals surface area contributed by atoms with Gasteiger partial charge in [-0.1, -0.05) is 62.2 Å². The van der Waals surface area contributed by atoms with E-state index in [2.05, 4.69) is 84.6 Å². The Hall–Kier alpha value is -2.13. The first kappa shape index (κ1) is 15.4. The Morgan fingerprint density at radius 3 is 2.54 bits per heavy atom. The molecule has 0 aliphatic carbocycles. The maximum Gasteiger partial charge on any atom is 0.292 e. The average molecular weight is 321 g/mol. The van der Waals surface area contributed by atoms with Gasteiger partial charge in [-0.3, -0.25) is 0 Å². The van der Waals surface area contributed by atoms with Gasteiger partial charge in [0, 0.05) is 5.56 Å². The molecule has 1 aromatic heterocycles. The van der Waals surface area contributed by atoms with Crippen LogP contribution >= 0.6 is 0 Å². The lowest BCUT2D eigenvalue weighted by molar-refractivity contribution is -0.659. The molecule has 24 heavy (non-hydrogen) atoms. The molecule has 2 aromatic carbocycles. The van der Waals surface area contributed by atoms with Crippen LogP contribution in [-0.2, 0) is 17.4 Å². The number of fused-ring (bicyclic) bond motifs is 3. The molecule has 0 bridgehead atoms. The van der Waals surface area contributed by atoms with Crippen LogP contribution in [0, 0.1) is 0 Å². The normalized spacial score (nSPS) is 22.9. The van der Waals surface area contributed by atoms with Crippen molar-refractivity contribution in [3.63, 3.8) is 0 Å². The first-order valence-electron chi connectivity index (χ1n) is 8.88. The molecule has 1 aliphatic rings. The van der Waals surface area contributed by atoms with Gasteiger partial charge in [-0.05, 0) is 25.5 Å². The van der Waals surface area contributed by atoms with Gasteiger partial charge in [-0.25, -0.2) is 4.57 Å². The Labute approximate surface area is 143 Å². The maximum absolute atomic E-state index is 6.68. The van der Waals surface area contributed by atoms with Gasteiger partial charge < -0.3 is 4.74 Å². The summed E-state index contributed by atoms with van der Waals surface area (Å²) in [5.74, 6) is 1.27. The van der Waals surface area contributed by atoms with E-state index in [1.54, 1.807) is 0 Å². The Bertz CT molecular complexity index is 868. The summed E-state index contributed by atoms with van der Waals surface area (Å²) >= 11 is 0. The molecule has 0 amide bonds. The monoisotopic (exact) mass is 321 g/mol. The van der Waals surface area contributed by atoms with Crippen LogP contribution in [-0.4, -0.2) is 4.57 Å². The van der Waals surface area contributed by atoms with Crippen molar-refractivity contribution in [3.05, 3.63) is 66.0 Å². The Kier molecular flexibility index (Phi) is 3.69. The lowest BCUT2D eigenvalue weighted by Gasteiger charge is -2.21. The zero-order valence-electron chi connectivity index (χ0n) is 14.7. The van der Waals surface area contributed by atoms with Gasteiger partial charge in [0.15, 0.2) is 16.6 Å².